The summed E-state index contributed by atoms with van der Waals surface area (Å²) in [5, 5.41) is 10.1. The summed E-state index contributed by atoms with van der Waals surface area (Å²) in [4.78, 5) is 28.6. The Morgan fingerprint density at radius 1 is 1.10 bits per heavy atom. The van der Waals surface area contributed by atoms with Gasteiger partial charge in [0.25, 0.3) is 0 Å². The number of nitrogens with one attached hydrogen (secondary N) is 2. The Balaban J connectivity index is 1.52. The van der Waals surface area contributed by atoms with Crippen molar-refractivity contribution in [1.82, 2.24) is 20.8 Å². The average Bonchev–Trinajstić information content (AvgIpc) is 3.12. The van der Waals surface area contributed by atoms with Crippen LogP contribution in [0.25, 0.3) is 0 Å². The van der Waals surface area contributed by atoms with Gasteiger partial charge in [-0.15, -0.1) is 0 Å². The molecule has 8 heteroatoms. The first-order valence-electron chi connectivity index (χ1n) is 11.0. The maximum Gasteiger partial charge on any atom is 0.227 e. The van der Waals surface area contributed by atoms with Crippen molar-refractivity contribution in [2.45, 2.75) is 77.0 Å². The lowest BCUT2D eigenvalue weighted by molar-refractivity contribution is -0.122. The Morgan fingerprint density at radius 3 is 2.42 bits per heavy atom. The zero-order valence-electron chi connectivity index (χ0n) is 18.4. The highest BCUT2D eigenvalue weighted by atomic mass is 16.5. The Labute approximate surface area is 183 Å². The van der Waals surface area contributed by atoms with Crippen LogP contribution in [0, 0.1) is 0 Å². The molecule has 0 atom stereocenters. The first-order chi connectivity index (χ1) is 15.0. The van der Waals surface area contributed by atoms with Crippen LogP contribution in [0.15, 0.2) is 28.8 Å². The summed E-state index contributed by atoms with van der Waals surface area (Å²) in [6.07, 6.45) is 6.53. The van der Waals surface area contributed by atoms with Crippen LogP contribution < -0.4 is 10.6 Å². The number of hydrogen-bond donors (Lipinski definition) is 2. The minimum Gasteiger partial charge on any atom is -0.380 e. The lowest BCUT2D eigenvalue weighted by Crippen LogP contribution is -2.45. The molecule has 1 aliphatic carbocycles. The van der Waals surface area contributed by atoms with Gasteiger partial charge in [-0.1, -0.05) is 55.1 Å². The van der Waals surface area contributed by atoms with Crippen LogP contribution in [0.2, 0.25) is 0 Å². The summed E-state index contributed by atoms with van der Waals surface area (Å²) in [5.41, 5.74) is 1.55. The molecule has 8 nitrogen and oxygen atoms in total. The van der Waals surface area contributed by atoms with Crippen molar-refractivity contribution in [2.75, 3.05) is 7.11 Å². The highest BCUT2D eigenvalue weighted by Crippen LogP contribution is 2.34. The number of rotatable bonds is 9. The fraction of sp³-hybridized carbons (Fsp3) is 0.565. The van der Waals surface area contributed by atoms with Crippen LogP contribution in [0.3, 0.4) is 0 Å². The number of amides is 2. The second-order valence-electron chi connectivity index (χ2n) is 8.22. The van der Waals surface area contributed by atoms with E-state index in [-0.39, 0.29) is 18.2 Å². The van der Waals surface area contributed by atoms with Gasteiger partial charge in [0.1, 0.15) is 5.54 Å². The monoisotopic (exact) mass is 428 g/mol. The normalized spacial score (nSPS) is 15.8. The largest absolute Gasteiger partial charge is 0.380 e. The molecule has 31 heavy (non-hydrogen) atoms. The lowest BCUT2D eigenvalue weighted by atomic mass is 9.89. The molecule has 0 bridgehead atoms. The number of carbonyl (C=O) groups excluding carboxylic acids is 2. The number of ether oxygens (including phenoxy) is 1. The predicted molar refractivity (Wildman–Crippen MR) is 115 cm³/mol. The molecule has 0 spiro atoms. The lowest BCUT2D eigenvalue weighted by Gasteiger charge is -2.30. The topological polar surface area (TPSA) is 106 Å². The molecule has 1 fully saturated rings. The van der Waals surface area contributed by atoms with Crippen molar-refractivity contribution in [2.24, 2.45) is 0 Å². The molecule has 0 unspecified atom stereocenters. The highest BCUT2D eigenvalue weighted by molar-refractivity contribution is 5.76. The Hall–Kier alpha value is -2.74. The van der Waals surface area contributed by atoms with Crippen LogP contribution in [0.4, 0.5) is 0 Å². The highest BCUT2D eigenvalue weighted by Gasteiger charge is 2.38. The molecule has 2 amide bonds. The smallest absolute Gasteiger partial charge is 0.227 e. The molecule has 2 N–H and O–H groups in total. The van der Waals surface area contributed by atoms with Gasteiger partial charge in [0.05, 0.1) is 6.61 Å². The maximum atomic E-state index is 12.2. The molecule has 0 radical (unpaired) electrons. The summed E-state index contributed by atoms with van der Waals surface area (Å²) >= 11 is 0. The zero-order chi connectivity index (χ0) is 22.1. The van der Waals surface area contributed by atoms with Crippen LogP contribution >= 0.6 is 0 Å². The summed E-state index contributed by atoms with van der Waals surface area (Å²) in [6, 6.07) is 7.94. The minimum absolute atomic E-state index is 0.0771. The van der Waals surface area contributed by atoms with Gasteiger partial charge in [-0.05, 0) is 24.0 Å². The summed E-state index contributed by atoms with van der Waals surface area (Å²) in [5.74, 6) is 0.772. The van der Waals surface area contributed by atoms with E-state index in [1.54, 1.807) is 7.11 Å². The minimum atomic E-state index is -0.568. The third-order valence-electron chi connectivity index (χ3n) is 5.66. The van der Waals surface area contributed by atoms with Gasteiger partial charge in [0, 0.05) is 33.4 Å². The molecule has 1 aromatic carbocycles. The molecule has 3 rings (SSSR count). The third-order valence-corrected chi connectivity index (χ3v) is 5.66. The Kier molecular flexibility index (Phi) is 8.17. The van der Waals surface area contributed by atoms with Gasteiger partial charge in [-0.3, -0.25) is 9.59 Å². The molecule has 0 saturated heterocycles. The Bertz CT molecular complexity index is 855. The molecule has 1 saturated carbocycles. The molecule has 1 heterocycles. The van der Waals surface area contributed by atoms with E-state index >= 15 is 0 Å². The molecule has 1 aromatic heterocycles. The van der Waals surface area contributed by atoms with E-state index in [1.807, 2.05) is 24.3 Å². The van der Waals surface area contributed by atoms with Crippen LogP contribution in [-0.4, -0.2) is 29.1 Å². The van der Waals surface area contributed by atoms with Crippen molar-refractivity contribution in [3.8, 4) is 0 Å². The molecular weight excluding hydrogens is 396 g/mol. The van der Waals surface area contributed by atoms with Crippen molar-refractivity contribution < 1.29 is 18.8 Å². The van der Waals surface area contributed by atoms with Crippen LogP contribution in [0.1, 0.15) is 74.7 Å². The van der Waals surface area contributed by atoms with Crippen LogP contribution in [-0.2, 0) is 39.4 Å². The van der Waals surface area contributed by atoms with E-state index in [0.717, 1.165) is 49.7 Å². The standard InChI is InChI=1S/C23H32N4O4/c1-17(28)26-23(13-5-3-4-6-14-23)22-25-21(31-27-22)12-11-20(29)24-15-18-7-9-19(10-8-18)16-30-2/h7-10H,3-6,11-16H2,1-2H3,(H,24,29)(H,26,28). The number of methoxy groups -OCH3 is 1. The first-order valence-corrected chi connectivity index (χ1v) is 11.0. The van der Waals surface area contributed by atoms with Gasteiger partial charge < -0.3 is 19.9 Å². The third kappa shape index (κ3) is 6.62. The van der Waals surface area contributed by atoms with E-state index in [2.05, 4.69) is 20.8 Å². The summed E-state index contributed by atoms with van der Waals surface area (Å²) in [6.45, 7) is 2.55. The van der Waals surface area contributed by atoms with E-state index in [0.29, 0.717) is 31.3 Å². The second kappa shape index (κ2) is 11.0. The number of benzene rings is 1. The van der Waals surface area contributed by atoms with Gasteiger partial charge in [-0.2, -0.15) is 4.98 Å². The molecule has 0 aliphatic heterocycles. The van der Waals surface area contributed by atoms with Crippen molar-refractivity contribution >= 4 is 11.8 Å². The van der Waals surface area contributed by atoms with E-state index in [9.17, 15) is 9.59 Å². The maximum absolute atomic E-state index is 12.2. The van der Waals surface area contributed by atoms with Crippen molar-refractivity contribution in [3.63, 3.8) is 0 Å². The number of nitrogens with zero attached hydrogens (tertiary/aromatic N) is 2. The fourth-order valence-corrected chi connectivity index (χ4v) is 4.05. The zero-order valence-corrected chi connectivity index (χ0v) is 18.4. The number of carbonyl (C=O) groups is 2. The molecular formula is C23H32N4O4. The van der Waals surface area contributed by atoms with Gasteiger partial charge in [-0.25, -0.2) is 0 Å². The Morgan fingerprint density at radius 2 is 1.77 bits per heavy atom. The van der Waals surface area contributed by atoms with Gasteiger partial charge in [0.15, 0.2) is 5.82 Å². The van der Waals surface area contributed by atoms with Gasteiger partial charge >= 0.3 is 0 Å². The summed E-state index contributed by atoms with van der Waals surface area (Å²) in [7, 11) is 1.66. The molecule has 1 aliphatic rings. The van der Waals surface area contributed by atoms with E-state index in [4.69, 9.17) is 9.26 Å². The predicted octanol–water partition coefficient (Wildman–Crippen LogP) is 3.15. The number of hydrogen-bond acceptors (Lipinski definition) is 6. The van der Waals surface area contributed by atoms with Crippen molar-refractivity contribution in [3.05, 3.63) is 47.1 Å². The van der Waals surface area contributed by atoms with Gasteiger partial charge in [0.2, 0.25) is 17.7 Å². The van der Waals surface area contributed by atoms with E-state index in [1.165, 1.54) is 6.92 Å². The molecule has 168 valence electrons. The van der Waals surface area contributed by atoms with E-state index < -0.39 is 5.54 Å². The number of aromatic nitrogens is 2. The van der Waals surface area contributed by atoms with Crippen molar-refractivity contribution in [1.29, 1.82) is 0 Å². The first kappa shape index (κ1) is 22.9. The molecule has 2 aromatic rings. The van der Waals surface area contributed by atoms with Crippen LogP contribution in [0.5, 0.6) is 0 Å². The average molecular weight is 429 g/mol. The fourth-order valence-electron chi connectivity index (χ4n) is 4.05. The number of aryl methyl sites for hydroxylation is 1. The quantitative estimate of drug-likeness (QED) is 0.594. The SMILES string of the molecule is COCc1ccc(CNC(=O)CCc2nc(C3(NC(C)=O)CCCCCC3)no2)cc1. The second-order valence-corrected chi connectivity index (χ2v) is 8.22. The summed E-state index contributed by atoms with van der Waals surface area (Å²) < 4.78 is 10.5.